The van der Waals surface area contributed by atoms with Crippen LogP contribution in [0.1, 0.15) is 25.3 Å². The Bertz CT molecular complexity index is 275. The van der Waals surface area contributed by atoms with Gasteiger partial charge in [0.25, 0.3) is 0 Å². The highest BCUT2D eigenvalue weighted by molar-refractivity contribution is 7.07. The molecule has 0 amide bonds. The van der Waals surface area contributed by atoms with E-state index in [4.69, 9.17) is 5.73 Å². The summed E-state index contributed by atoms with van der Waals surface area (Å²) in [5.74, 6) is 0. The fraction of sp³-hybridized carbons (Fsp3) is 0.636. The van der Waals surface area contributed by atoms with Crippen LogP contribution in [0.5, 0.6) is 0 Å². The average Bonchev–Trinajstić information content (AvgIpc) is 2.61. The molecule has 0 radical (unpaired) electrons. The van der Waals surface area contributed by atoms with Crippen molar-refractivity contribution in [1.29, 1.82) is 0 Å². The summed E-state index contributed by atoms with van der Waals surface area (Å²) in [5.41, 5.74) is 7.60. The summed E-state index contributed by atoms with van der Waals surface area (Å²) in [5, 5.41) is 4.38. The Morgan fingerprint density at radius 1 is 1.47 bits per heavy atom. The van der Waals surface area contributed by atoms with Crippen LogP contribution in [0.2, 0.25) is 0 Å². The predicted molar refractivity (Wildman–Crippen MR) is 68.7 cm³/mol. The standard InChI is InChI=1S/C11H18N2S.ClH/c1-11(12)3-5-13(6-4-11)8-10-2-7-14-9-10;/h2,7,9H,3-6,8,12H2,1H3;1H. The summed E-state index contributed by atoms with van der Waals surface area (Å²) in [7, 11) is 0. The monoisotopic (exact) mass is 246 g/mol. The molecule has 0 aromatic carbocycles. The van der Waals surface area contributed by atoms with E-state index in [0.29, 0.717) is 0 Å². The molecule has 1 aliphatic heterocycles. The van der Waals surface area contributed by atoms with Crippen molar-refractivity contribution in [3.63, 3.8) is 0 Å². The molecule has 1 aromatic heterocycles. The molecule has 1 saturated heterocycles. The van der Waals surface area contributed by atoms with Crippen LogP contribution >= 0.6 is 23.7 Å². The number of hydrogen-bond acceptors (Lipinski definition) is 3. The van der Waals surface area contributed by atoms with E-state index in [-0.39, 0.29) is 17.9 Å². The zero-order chi connectivity index (χ0) is 10.0. The van der Waals surface area contributed by atoms with Crippen molar-refractivity contribution in [2.75, 3.05) is 13.1 Å². The molecule has 0 aliphatic carbocycles. The van der Waals surface area contributed by atoms with E-state index in [0.717, 1.165) is 32.5 Å². The van der Waals surface area contributed by atoms with Gasteiger partial charge in [0, 0.05) is 25.2 Å². The van der Waals surface area contributed by atoms with E-state index in [1.807, 2.05) is 0 Å². The molecule has 1 aliphatic rings. The van der Waals surface area contributed by atoms with E-state index in [2.05, 4.69) is 28.7 Å². The Hall–Kier alpha value is -0.0900. The largest absolute Gasteiger partial charge is 0.325 e. The Balaban J connectivity index is 0.00000112. The lowest BCUT2D eigenvalue weighted by atomic mass is 9.91. The molecule has 1 fully saturated rings. The van der Waals surface area contributed by atoms with Gasteiger partial charge in [-0.3, -0.25) is 4.90 Å². The molecule has 4 heteroatoms. The van der Waals surface area contributed by atoms with Crippen molar-refractivity contribution in [3.8, 4) is 0 Å². The number of nitrogens with two attached hydrogens (primary N) is 1. The third kappa shape index (κ3) is 3.76. The van der Waals surface area contributed by atoms with Crippen molar-refractivity contribution in [2.45, 2.75) is 31.8 Å². The van der Waals surface area contributed by atoms with E-state index in [9.17, 15) is 0 Å². The lowest BCUT2D eigenvalue weighted by Crippen LogP contribution is -2.47. The second-order valence-corrected chi connectivity index (χ2v) is 5.34. The van der Waals surface area contributed by atoms with Gasteiger partial charge in [0.2, 0.25) is 0 Å². The molecule has 0 atom stereocenters. The highest BCUT2D eigenvalue weighted by Gasteiger charge is 2.25. The molecule has 2 heterocycles. The lowest BCUT2D eigenvalue weighted by molar-refractivity contribution is 0.165. The Morgan fingerprint density at radius 2 is 2.13 bits per heavy atom. The maximum absolute atomic E-state index is 6.09. The molecule has 2 N–H and O–H groups in total. The van der Waals surface area contributed by atoms with Crippen LogP contribution in [-0.2, 0) is 6.54 Å². The molecule has 0 unspecified atom stereocenters. The fourth-order valence-electron chi connectivity index (χ4n) is 1.86. The summed E-state index contributed by atoms with van der Waals surface area (Å²) in [6.45, 7) is 5.54. The molecule has 0 saturated carbocycles. The number of hydrogen-bond donors (Lipinski definition) is 1. The summed E-state index contributed by atoms with van der Waals surface area (Å²) in [6, 6.07) is 2.21. The first-order chi connectivity index (χ1) is 6.66. The second kappa shape index (κ2) is 5.30. The SMILES string of the molecule is CC1(N)CCN(Cc2ccsc2)CC1.Cl. The topological polar surface area (TPSA) is 29.3 Å². The molecule has 2 rings (SSSR count). The van der Waals surface area contributed by atoms with Crippen LogP contribution in [0.3, 0.4) is 0 Å². The molecule has 86 valence electrons. The summed E-state index contributed by atoms with van der Waals surface area (Å²) >= 11 is 1.78. The Kier molecular flexibility index (Phi) is 4.59. The first kappa shape index (κ1) is 13.0. The van der Waals surface area contributed by atoms with E-state index in [1.54, 1.807) is 11.3 Å². The van der Waals surface area contributed by atoms with Crippen molar-refractivity contribution in [1.82, 2.24) is 4.90 Å². The highest BCUT2D eigenvalue weighted by Crippen LogP contribution is 2.20. The summed E-state index contributed by atoms with van der Waals surface area (Å²) < 4.78 is 0. The van der Waals surface area contributed by atoms with Crippen molar-refractivity contribution < 1.29 is 0 Å². The minimum absolute atomic E-state index is 0. The lowest BCUT2D eigenvalue weighted by Gasteiger charge is -2.36. The van der Waals surface area contributed by atoms with Gasteiger partial charge in [0.05, 0.1) is 0 Å². The van der Waals surface area contributed by atoms with Crippen LogP contribution in [0.4, 0.5) is 0 Å². The summed E-state index contributed by atoms with van der Waals surface area (Å²) in [6.07, 6.45) is 2.24. The molecule has 2 nitrogen and oxygen atoms in total. The number of thiophene rings is 1. The number of likely N-dealkylation sites (tertiary alicyclic amines) is 1. The number of piperidine rings is 1. The van der Waals surface area contributed by atoms with Gasteiger partial charge in [-0.15, -0.1) is 12.4 Å². The van der Waals surface area contributed by atoms with Gasteiger partial charge in [-0.1, -0.05) is 0 Å². The van der Waals surface area contributed by atoms with Crippen molar-refractivity contribution in [2.24, 2.45) is 5.73 Å². The Labute approximate surface area is 102 Å². The minimum Gasteiger partial charge on any atom is -0.325 e. The fourth-order valence-corrected chi connectivity index (χ4v) is 2.52. The van der Waals surface area contributed by atoms with Gasteiger partial charge in [-0.2, -0.15) is 11.3 Å². The third-order valence-electron chi connectivity index (χ3n) is 2.98. The second-order valence-electron chi connectivity index (χ2n) is 4.56. The normalized spacial score (nSPS) is 20.9. The average molecular weight is 247 g/mol. The van der Waals surface area contributed by atoms with Gasteiger partial charge < -0.3 is 5.73 Å². The maximum Gasteiger partial charge on any atom is 0.0242 e. The molecule has 0 spiro atoms. The zero-order valence-electron chi connectivity index (χ0n) is 9.11. The highest BCUT2D eigenvalue weighted by atomic mass is 35.5. The number of nitrogens with zero attached hydrogens (tertiary/aromatic N) is 1. The predicted octanol–water partition coefficient (Wildman–Crippen LogP) is 2.48. The number of rotatable bonds is 2. The molecular formula is C11H19ClN2S. The van der Waals surface area contributed by atoms with E-state index in [1.165, 1.54) is 5.56 Å². The molecule has 0 bridgehead atoms. The number of halogens is 1. The van der Waals surface area contributed by atoms with Crippen molar-refractivity contribution in [3.05, 3.63) is 22.4 Å². The van der Waals surface area contributed by atoms with Gasteiger partial charge in [0.15, 0.2) is 0 Å². The third-order valence-corrected chi connectivity index (χ3v) is 3.72. The van der Waals surface area contributed by atoms with E-state index >= 15 is 0 Å². The molecule has 1 aromatic rings. The first-order valence-electron chi connectivity index (χ1n) is 5.18. The molecular weight excluding hydrogens is 228 g/mol. The van der Waals surface area contributed by atoms with Crippen LogP contribution in [0.25, 0.3) is 0 Å². The zero-order valence-corrected chi connectivity index (χ0v) is 10.7. The first-order valence-corrected chi connectivity index (χ1v) is 6.12. The smallest absolute Gasteiger partial charge is 0.0242 e. The molecule has 15 heavy (non-hydrogen) atoms. The van der Waals surface area contributed by atoms with Crippen LogP contribution < -0.4 is 5.73 Å². The van der Waals surface area contributed by atoms with Gasteiger partial charge in [0.1, 0.15) is 0 Å². The van der Waals surface area contributed by atoms with E-state index < -0.39 is 0 Å². The van der Waals surface area contributed by atoms with Gasteiger partial charge in [-0.05, 0) is 42.2 Å². The summed E-state index contributed by atoms with van der Waals surface area (Å²) in [4.78, 5) is 2.50. The quantitative estimate of drug-likeness (QED) is 0.869. The van der Waals surface area contributed by atoms with Crippen LogP contribution in [0, 0.1) is 0 Å². The van der Waals surface area contributed by atoms with Gasteiger partial charge >= 0.3 is 0 Å². The van der Waals surface area contributed by atoms with Crippen LogP contribution in [-0.4, -0.2) is 23.5 Å². The van der Waals surface area contributed by atoms with Crippen molar-refractivity contribution >= 4 is 23.7 Å². The van der Waals surface area contributed by atoms with Crippen LogP contribution in [0.15, 0.2) is 16.8 Å². The maximum atomic E-state index is 6.09. The van der Waals surface area contributed by atoms with Gasteiger partial charge in [-0.25, -0.2) is 0 Å². The Morgan fingerprint density at radius 3 is 2.67 bits per heavy atom. The minimum atomic E-state index is 0.